The van der Waals surface area contributed by atoms with Gasteiger partial charge in [0.15, 0.2) is 0 Å². The second kappa shape index (κ2) is 51.9. The predicted octanol–water partition coefficient (Wildman–Crippen LogP) is 12.4. The number of hydrogen-bond acceptors (Lipinski definition) is 4. The molecule has 4 nitrogen and oxygen atoms in total. The summed E-state index contributed by atoms with van der Waals surface area (Å²) in [4.78, 5) is 0. The fourth-order valence-corrected chi connectivity index (χ4v) is 5.68. The SMILES string of the molecule is CCCCCCCCCCCCCCCCCBr.CCCCCCCCCCCCCCCCCCOCO.OCCO. The molecule has 0 unspecified atom stereocenters. The van der Waals surface area contributed by atoms with E-state index in [1.807, 2.05) is 0 Å². The topological polar surface area (TPSA) is 69.9 Å². The molecule has 0 fully saturated rings. The highest BCUT2D eigenvalue weighted by Crippen LogP contribution is 2.15. The van der Waals surface area contributed by atoms with E-state index in [0.29, 0.717) is 0 Å². The zero-order valence-electron chi connectivity index (χ0n) is 29.6. The molecule has 0 aliphatic rings. The molecule has 0 aromatic carbocycles. The van der Waals surface area contributed by atoms with Crippen LogP contribution in [0, 0.1) is 0 Å². The molecule has 0 aliphatic carbocycles. The van der Waals surface area contributed by atoms with E-state index >= 15 is 0 Å². The van der Waals surface area contributed by atoms with E-state index in [1.54, 1.807) is 0 Å². The molecule has 0 saturated heterocycles. The number of alkyl halides is 1. The number of hydrogen-bond donors (Lipinski definition) is 3. The summed E-state index contributed by atoms with van der Waals surface area (Å²) in [5.41, 5.74) is 0. The molecule has 5 heteroatoms. The van der Waals surface area contributed by atoms with Crippen LogP contribution in [-0.2, 0) is 4.74 Å². The Morgan fingerprint density at radius 1 is 0.349 bits per heavy atom. The third kappa shape index (κ3) is 58.4. The van der Waals surface area contributed by atoms with E-state index < -0.39 is 0 Å². The average molecular weight is 682 g/mol. The monoisotopic (exact) mass is 681 g/mol. The Hall–Kier alpha value is 0.320. The lowest BCUT2D eigenvalue weighted by atomic mass is 10.0. The van der Waals surface area contributed by atoms with E-state index in [1.165, 1.54) is 198 Å². The molecule has 43 heavy (non-hydrogen) atoms. The van der Waals surface area contributed by atoms with Gasteiger partial charge in [-0.3, -0.25) is 0 Å². The van der Waals surface area contributed by atoms with Crippen LogP contribution >= 0.6 is 15.9 Å². The second-order valence-electron chi connectivity index (χ2n) is 12.4. The molecule has 0 radical (unpaired) electrons. The van der Waals surface area contributed by atoms with Gasteiger partial charge in [0.2, 0.25) is 0 Å². The molecule has 0 amide bonds. The first-order valence-corrected chi connectivity index (χ1v) is 20.3. The minimum Gasteiger partial charge on any atom is -0.394 e. The summed E-state index contributed by atoms with van der Waals surface area (Å²) in [5.74, 6) is 0. The minimum absolute atomic E-state index is 0.125. The average Bonchev–Trinajstić information content (AvgIpc) is 3.03. The molecule has 0 aliphatic heterocycles. The van der Waals surface area contributed by atoms with E-state index in [2.05, 4.69) is 29.8 Å². The molecule has 3 N–H and O–H groups in total. The van der Waals surface area contributed by atoms with Gasteiger partial charge in [-0.2, -0.15) is 0 Å². The van der Waals surface area contributed by atoms with Crippen LogP contribution in [0.4, 0.5) is 0 Å². The van der Waals surface area contributed by atoms with Crippen molar-refractivity contribution >= 4 is 15.9 Å². The summed E-state index contributed by atoms with van der Waals surface area (Å²) >= 11 is 3.49. The van der Waals surface area contributed by atoms with Crippen molar-refractivity contribution in [1.82, 2.24) is 0 Å². The standard InChI is InChI=1S/C19H40O2.C17H35Br.C2H6O2/c1-2-3-4-5-6-7-8-9-10-11-12-13-14-15-16-17-18-21-19-20;1-2-3-4-5-6-7-8-9-10-11-12-13-14-15-16-17-18;3-1-2-4/h20H,2-19H2,1H3;2-17H2,1H3;3-4H,1-2H2. The van der Waals surface area contributed by atoms with Crippen LogP contribution in [0.15, 0.2) is 0 Å². The van der Waals surface area contributed by atoms with Crippen molar-refractivity contribution in [2.24, 2.45) is 0 Å². The maximum absolute atomic E-state index is 8.47. The van der Waals surface area contributed by atoms with E-state index in [0.717, 1.165) is 13.0 Å². The van der Waals surface area contributed by atoms with Gasteiger partial charge >= 0.3 is 0 Å². The van der Waals surface area contributed by atoms with Gasteiger partial charge in [-0.1, -0.05) is 216 Å². The third-order valence-electron chi connectivity index (χ3n) is 8.07. The molecule has 0 bridgehead atoms. The summed E-state index contributed by atoms with van der Waals surface area (Å²) in [7, 11) is 0. The van der Waals surface area contributed by atoms with Crippen molar-refractivity contribution < 1.29 is 20.1 Å². The van der Waals surface area contributed by atoms with Gasteiger partial charge in [-0.15, -0.1) is 0 Å². The highest BCUT2D eigenvalue weighted by Gasteiger charge is 1.96. The van der Waals surface area contributed by atoms with Crippen LogP contribution in [0.5, 0.6) is 0 Å². The minimum atomic E-state index is -0.126. The molecule has 0 saturated carbocycles. The van der Waals surface area contributed by atoms with Crippen LogP contribution < -0.4 is 0 Å². The van der Waals surface area contributed by atoms with Crippen LogP contribution in [0.2, 0.25) is 0 Å². The summed E-state index contributed by atoms with van der Waals surface area (Å²) in [6.07, 6.45) is 44.0. The summed E-state index contributed by atoms with van der Waals surface area (Å²) in [6.45, 7) is 4.92. The number of aliphatic hydroxyl groups excluding tert-OH is 3. The first-order chi connectivity index (χ1) is 21.2. The summed E-state index contributed by atoms with van der Waals surface area (Å²) < 4.78 is 4.91. The molecule has 0 atom stereocenters. The number of aliphatic hydroxyl groups is 3. The lowest BCUT2D eigenvalue weighted by Crippen LogP contribution is -1.95. The Morgan fingerprint density at radius 2 is 0.581 bits per heavy atom. The van der Waals surface area contributed by atoms with Gasteiger partial charge in [0, 0.05) is 11.9 Å². The second-order valence-corrected chi connectivity index (χ2v) is 13.2. The van der Waals surface area contributed by atoms with Crippen LogP contribution in [0.1, 0.15) is 213 Å². The molecule has 0 aromatic rings. The lowest BCUT2D eigenvalue weighted by molar-refractivity contribution is -0.00284. The van der Waals surface area contributed by atoms with Crippen LogP contribution in [-0.4, -0.2) is 47.3 Å². The van der Waals surface area contributed by atoms with Crippen LogP contribution in [0.3, 0.4) is 0 Å². The Bertz CT molecular complexity index is 375. The zero-order chi connectivity index (χ0) is 32.2. The third-order valence-corrected chi connectivity index (χ3v) is 8.63. The highest BCUT2D eigenvalue weighted by atomic mass is 79.9. The first-order valence-electron chi connectivity index (χ1n) is 19.2. The Balaban J connectivity index is -0.000000666. The van der Waals surface area contributed by atoms with E-state index in [4.69, 9.17) is 20.1 Å². The van der Waals surface area contributed by atoms with Crippen molar-refractivity contribution in [3.8, 4) is 0 Å². The Morgan fingerprint density at radius 3 is 0.791 bits per heavy atom. The van der Waals surface area contributed by atoms with Crippen molar-refractivity contribution in [2.75, 3.05) is 31.9 Å². The molecular formula is C38H81BrO4. The molecule has 0 heterocycles. The highest BCUT2D eigenvalue weighted by molar-refractivity contribution is 9.09. The molecular weight excluding hydrogens is 600 g/mol. The van der Waals surface area contributed by atoms with Gasteiger partial charge in [-0.05, 0) is 12.8 Å². The molecule has 264 valence electrons. The van der Waals surface area contributed by atoms with Gasteiger partial charge in [0.05, 0.1) is 13.2 Å². The van der Waals surface area contributed by atoms with E-state index in [-0.39, 0.29) is 20.0 Å². The molecule has 0 spiro atoms. The number of rotatable bonds is 34. The van der Waals surface area contributed by atoms with Crippen molar-refractivity contribution in [3.63, 3.8) is 0 Å². The largest absolute Gasteiger partial charge is 0.394 e. The molecule has 0 rings (SSSR count). The quantitative estimate of drug-likeness (QED) is 0.0359. The number of unbranched alkanes of at least 4 members (excludes halogenated alkanes) is 29. The van der Waals surface area contributed by atoms with Crippen molar-refractivity contribution in [2.45, 2.75) is 213 Å². The normalized spacial score (nSPS) is 10.7. The van der Waals surface area contributed by atoms with E-state index in [9.17, 15) is 0 Å². The van der Waals surface area contributed by atoms with Crippen molar-refractivity contribution in [3.05, 3.63) is 0 Å². The molecule has 0 aromatic heterocycles. The first kappa shape index (κ1) is 47.7. The Kier molecular flexibility index (Phi) is 57.6. The van der Waals surface area contributed by atoms with Crippen molar-refractivity contribution in [1.29, 1.82) is 0 Å². The van der Waals surface area contributed by atoms with Gasteiger partial charge in [0.25, 0.3) is 0 Å². The van der Waals surface area contributed by atoms with Gasteiger partial charge in [-0.25, -0.2) is 0 Å². The summed E-state index contributed by atoms with van der Waals surface area (Å²) in [5, 5.41) is 24.9. The predicted molar refractivity (Wildman–Crippen MR) is 195 cm³/mol. The number of halogens is 1. The zero-order valence-corrected chi connectivity index (χ0v) is 31.2. The lowest BCUT2D eigenvalue weighted by Gasteiger charge is -2.03. The fourth-order valence-electron chi connectivity index (χ4n) is 5.28. The maximum Gasteiger partial charge on any atom is 0.143 e. The van der Waals surface area contributed by atoms with Gasteiger partial charge < -0.3 is 20.1 Å². The summed E-state index contributed by atoms with van der Waals surface area (Å²) in [6, 6.07) is 0. The number of ether oxygens (including phenoxy) is 1. The van der Waals surface area contributed by atoms with Gasteiger partial charge in [0.1, 0.15) is 6.79 Å². The maximum atomic E-state index is 8.47. The van der Waals surface area contributed by atoms with Crippen LogP contribution in [0.25, 0.3) is 0 Å². The Labute approximate surface area is 280 Å². The smallest absolute Gasteiger partial charge is 0.143 e. The fraction of sp³-hybridized carbons (Fsp3) is 1.00.